The molecule has 0 saturated carbocycles. The van der Waals surface area contributed by atoms with Crippen LogP contribution in [0, 0.1) is 0 Å². The Kier molecular flexibility index (Phi) is 6.33. The Morgan fingerprint density at radius 3 is 2.57 bits per heavy atom. The Morgan fingerprint density at radius 2 is 2.05 bits per heavy atom. The van der Waals surface area contributed by atoms with E-state index >= 15 is 0 Å². The minimum Gasteiger partial charge on any atom is -0.504 e. The normalized spacial score (nSPS) is 13.3. The van der Waals surface area contributed by atoms with Crippen LogP contribution in [0.5, 0.6) is 11.5 Å². The average Bonchev–Trinajstić information content (AvgIpc) is 2.42. The van der Waals surface area contributed by atoms with Gasteiger partial charge in [0.05, 0.1) is 0 Å². The van der Waals surface area contributed by atoms with E-state index < -0.39 is 12.1 Å². The number of ether oxygens (including phenoxy) is 1. The molecular weight excluding hydrogens is 272 g/mol. The van der Waals surface area contributed by atoms with Crippen LogP contribution < -0.4 is 0 Å². The first-order valence-corrected chi connectivity index (χ1v) is 6.71. The van der Waals surface area contributed by atoms with E-state index in [-0.39, 0.29) is 17.9 Å². The number of benzene rings is 1. The zero-order valence-electron chi connectivity index (χ0n) is 12.1. The van der Waals surface area contributed by atoms with E-state index in [1.54, 1.807) is 24.3 Å². The number of rotatable bonds is 7. The fourth-order valence-corrected chi connectivity index (χ4v) is 1.77. The second kappa shape index (κ2) is 7.99. The minimum atomic E-state index is -1.09. The van der Waals surface area contributed by atoms with Gasteiger partial charge in [-0.25, -0.2) is 4.79 Å². The molecule has 0 aromatic heterocycles. The topological polar surface area (TPSA) is 87.0 Å². The van der Waals surface area contributed by atoms with E-state index in [0.717, 1.165) is 6.42 Å². The molecule has 5 heteroatoms. The van der Waals surface area contributed by atoms with Crippen LogP contribution in [0.1, 0.15) is 25.8 Å². The first-order valence-electron chi connectivity index (χ1n) is 6.71. The molecule has 3 N–H and O–H groups in total. The van der Waals surface area contributed by atoms with Gasteiger partial charge in [0, 0.05) is 6.42 Å². The smallest absolute Gasteiger partial charge is 0.345 e. The zero-order valence-corrected chi connectivity index (χ0v) is 12.1. The molecule has 5 nitrogen and oxygen atoms in total. The second-order valence-electron chi connectivity index (χ2n) is 4.49. The number of carboxylic acid groups (broad SMARTS) is 1. The van der Waals surface area contributed by atoms with Crippen molar-refractivity contribution in [2.24, 2.45) is 0 Å². The van der Waals surface area contributed by atoms with Crippen LogP contribution in [0.15, 0.2) is 42.2 Å². The van der Waals surface area contributed by atoms with Crippen LogP contribution >= 0.6 is 0 Å². The molecule has 1 aromatic rings. The minimum absolute atomic E-state index is 0.0851. The Hall–Kier alpha value is -2.43. The Balaban J connectivity index is 2.89. The van der Waals surface area contributed by atoms with Crippen molar-refractivity contribution in [2.75, 3.05) is 0 Å². The molecule has 0 fully saturated rings. The largest absolute Gasteiger partial charge is 0.504 e. The molecule has 0 radical (unpaired) electrons. The summed E-state index contributed by atoms with van der Waals surface area (Å²) < 4.78 is 5.50. The van der Waals surface area contributed by atoms with Crippen molar-refractivity contribution < 1.29 is 24.9 Å². The first-order chi connectivity index (χ1) is 9.97. The molecule has 1 rings (SSSR count). The van der Waals surface area contributed by atoms with Crippen LogP contribution in [0.3, 0.4) is 0 Å². The van der Waals surface area contributed by atoms with Gasteiger partial charge < -0.3 is 20.1 Å². The SMILES string of the molecule is C/C=C/C(=C\CC)OC(Cc1ccc(O)c(O)c1)C(=O)O. The summed E-state index contributed by atoms with van der Waals surface area (Å²) in [6.45, 7) is 3.75. The molecule has 1 atom stereocenters. The maximum absolute atomic E-state index is 11.3. The molecule has 21 heavy (non-hydrogen) atoms. The second-order valence-corrected chi connectivity index (χ2v) is 4.49. The summed E-state index contributed by atoms with van der Waals surface area (Å²) in [5.41, 5.74) is 0.564. The quantitative estimate of drug-likeness (QED) is 0.408. The number of phenols is 2. The van der Waals surface area contributed by atoms with Crippen LogP contribution in [-0.2, 0) is 16.0 Å². The average molecular weight is 292 g/mol. The lowest BCUT2D eigenvalue weighted by molar-refractivity contribution is -0.147. The van der Waals surface area contributed by atoms with E-state index in [0.29, 0.717) is 11.3 Å². The molecule has 0 aliphatic rings. The molecule has 0 aliphatic carbocycles. The molecule has 0 spiro atoms. The summed E-state index contributed by atoms with van der Waals surface area (Å²) >= 11 is 0. The lowest BCUT2D eigenvalue weighted by atomic mass is 10.1. The van der Waals surface area contributed by atoms with Crippen LogP contribution in [0.2, 0.25) is 0 Å². The van der Waals surface area contributed by atoms with Crippen molar-refractivity contribution >= 4 is 5.97 Å². The Morgan fingerprint density at radius 1 is 1.33 bits per heavy atom. The predicted octanol–water partition coefficient (Wildman–Crippen LogP) is 2.98. The van der Waals surface area contributed by atoms with Gasteiger partial charge >= 0.3 is 5.97 Å². The van der Waals surface area contributed by atoms with Gasteiger partial charge in [0.2, 0.25) is 0 Å². The van der Waals surface area contributed by atoms with Crippen LogP contribution in [0.4, 0.5) is 0 Å². The van der Waals surface area contributed by atoms with E-state index in [2.05, 4.69) is 0 Å². The van der Waals surface area contributed by atoms with Crippen molar-refractivity contribution in [1.29, 1.82) is 0 Å². The summed E-state index contributed by atoms with van der Waals surface area (Å²) in [5.74, 6) is -1.12. The molecule has 0 bridgehead atoms. The molecule has 0 amide bonds. The standard InChI is InChI=1S/C16H20O5/c1-3-5-12(6-4-2)21-15(16(19)20)10-11-7-8-13(17)14(18)9-11/h3,5-9,15,17-18H,4,10H2,1-2H3,(H,19,20)/b5-3+,12-6+. The highest BCUT2D eigenvalue weighted by Gasteiger charge is 2.21. The number of hydrogen-bond donors (Lipinski definition) is 3. The Bertz CT molecular complexity index is 546. The van der Waals surface area contributed by atoms with Crippen molar-refractivity contribution in [3.63, 3.8) is 0 Å². The number of aromatic hydroxyl groups is 2. The molecule has 0 aliphatic heterocycles. The van der Waals surface area contributed by atoms with Gasteiger partial charge in [-0.05, 0) is 43.2 Å². The fraction of sp³-hybridized carbons (Fsp3) is 0.312. The Labute approximate surface area is 123 Å². The van der Waals surface area contributed by atoms with Crippen LogP contribution in [0.25, 0.3) is 0 Å². The molecule has 1 unspecified atom stereocenters. The zero-order chi connectivity index (χ0) is 15.8. The first kappa shape index (κ1) is 16.6. The molecule has 1 aromatic carbocycles. The summed E-state index contributed by atoms with van der Waals surface area (Å²) in [4.78, 5) is 11.3. The highest BCUT2D eigenvalue weighted by molar-refractivity contribution is 5.73. The monoisotopic (exact) mass is 292 g/mol. The lowest BCUT2D eigenvalue weighted by Gasteiger charge is -2.16. The third kappa shape index (κ3) is 5.22. The van der Waals surface area contributed by atoms with E-state index in [4.69, 9.17) is 4.74 Å². The molecule has 0 heterocycles. The highest BCUT2D eigenvalue weighted by Crippen LogP contribution is 2.26. The maximum Gasteiger partial charge on any atom is 0.345 e. The van der Waals surface area contributed by atoms with Gasteiger partial charge in [0.25, 0.3) is 0 Å². The number of phenolic OH excluding ortho intramolecular Hbond substituents is 2. The summed E-state index contributed by atoms with van der Waals surface area (Å²) in [7, 11) is 0. The third-order valence-electron chi connectivity index (χ3n) is 2.75. The molecular formula is C16H20O5. The fourth-order valence-electron chi connectivity index (χ4n) is 1.77. The third-order valence-corrected chi connectivity index (χ3v) is 2.75. The van der Waals surface area contributed by atoms with E-state index in [9.17, 15) is 20.1 Å². The number of allylic oxidation sites excluding steroid dienone is 3. The summed E-state index contributed by atoms with van der Waals surface area (Å²) in [5, 5.41) is 28.0. The molecule has 0 saturated heterocycles. The highest BCUT2D eigenvalue weighted by atomic mass is 16.5. The van der Waals surface area contributed by atoms with E-state index in [1.807, 2.05) is 13.8 Å². The van der Waals surface area contributed by atoms with Gasteiger partial charge in [-0.1, -0.05) is 19.1 Å². The number of hydrogen-bond acceptors (Lipinski definition) is 4. The number of carboxylic acids is 1. The maximum atomic E-state index is 11.3. The predicted molar refractivity (Wildman–Crippen MR) is 79.2 cm³/mol. The van der Waals surface area contributed by atoms with Crippen molar-refractivity contribution in [1.82, 2.24) is 0 Å². The summed E-state index contributed by atoms with van der Waals surface area (Å²) in [6.07, 6.45) is 5.02. The molecule has 114 valence electrons. The number of aliphatic carboxylic acids is 1. The van der Waals surface area contributed by atoms with Gasteiger partial charge in [-0.15, -0.1) is 0 Å². The van der Waals surface area contributed by atoms with Crippen molar-refractivity contribution in [3.05, 3.63) is 47.7 Å². The van der Waals surface area contributed by atoms with Crippen molar-refractivity contribution in [3.8, 4) is 11.5 Å². The van der Waals surface area contributed by atoms with E-state index in [1.165, 1.54) is 12.1 Å². The van der Waals surface area contributed by atoms with Gasteiger partial charge in [-0.3, -0.25) is 0 Å². The van der Waals surface area contributed by atoms with Crippen molar-refractivity contribution in [2.45, 2.75) is 32.8 Å². The lowest BCUT2D eigenvalue weighted by Crippen LogP contribution is -2.26. The van der Waals surface area contributed by atoms with Gasteiger partial charge in [-0.2, -0.15) is 0 Å². The van der Waals surface area contributed by atoms with Gasteiger partial charge in [0.1, 0.15) is 5.76 Å². The summed E-state index contributed by atoms with van der Waals surface area (Å²) in [6, 6.07) is 4.19. The van der Waals surface area contributed by atoms with Gasteiger partial charge in [0.15, 0.2) is 17.6 Å². The number of carbonyl (C=O) groups is 1. The van der Waals surface area contributed by atoms with Crippen LogP contribution in [-0.4, -0.2) is 27.4 Å².